The van der Waals surface area contributed by atoms with Gasteiger partial charge in [-0.2, -0.15) is 0 Å². The lowest BCUT2D eigenvalue weighted by Gasteiger charge is -2.25. The third-order valence-corrected chi connectivity index (χ3v) is 5.64. The van der Waals surface area contributed by atoms with Gasteiger partial charge in [0.25, 0.3) is 0 Å². The fourth-order valence-corrected chi connectivity index (χ4v) is 4.22. The molecule has 1 amide bonds. The predicted molar refractivity (Wildman–Crippen MR) is 122 cm³/mol. The first-order valence-electron chi connectivity index (χ1n) is 10.8. The summed E-state index contributed by atoms with van der Waals surface area (Å²) in [6.07, 6.45) is 1.97. The smallest absolute Gasteiger partial charge is 0.320 e. The monoisotopic (exact) mass is 433 g/mol. The molecule has 0 spiro atoms. The van der Waals surface area contributed by atoms with E-state index in [0.717, 1.165) is 40.2 Å². The van der Waals surface area contributed by atoms with Crippen LogP contribution >= 0.6 is 0 Å². The van der Waals surface area contributed by atoms with Crippen molar-refractivity contribution in [2.45, 2.75) is 51.9 Å². The number of hydrogen-bond donors (Lipinski definition) is 2. The van der Waals surface area contributed by atoms with Gasteiger partial charge < -0.3 is 15.3 Å². The highest BCUT2D eigenvalue weighted by Crippen LogP contribution is 2.40. The highest BCUT2D eigenvalue weighted by Gasteiger charge is 2.26. The molecule has 0 saturated heterocycles. The molecule has 8 nitrogen and oxygen atoms in total. The molecule has 4 rings (SSSR count). The van der Waals surface area contributed by atoms with E-state index in [1.165, 1.54) is 0 Å². The Labute approximate surface area is 186 Å². The quantitative estimate of drug-likeness (QED) is 0.529. The molecule has 1 aliphatic heterocycles. The van der Waals surface area contributed by atoms with Crippen LogP contribution in [0.5, 0.6) is 0 Å². The normalized spacial score (nSPS) is 13.5. The predicted octanol–water partition coefficient (Wildman–Crippen LogP) is 3.32. The van der Waals surface area contributed by atoms with Gasteiger partial charge in [-0.25, -0.2) is 4.68 Å². The van der Waals surface area contributed by atoms with E-state index in [9.17, 15) is 14.7 Å². The van der Waals surface area contributed by atoms with Crippen molar-refractivity contribution in [3.05, 3.63) is 54.1 Å². The van der Waals surface area contributed by atoms with Crippen LogP contribution in [-0.4, -0.2) is 44.6 Å². The summed E-state index contributed by atoms with van der Waals surface area (Å²) in [6.45, 7) is 4.86. The van der Waals surface area contributed by atoms with E-state index in [4.69, 9.17) is 0 Å². The van der Waals surface area contributed by atoms with Gasteiger partial charge in [-0.3, -0.25) is 9.59 Å². The number of amides is 1. The summed E-state index contributed by atoms with van der Waals surface area (Å²) < 4.78 is 1.86. The zero-order valence-corrected chi connectivity index (χ0v) is 18.2. The summed E-state index contributed by atoms with van der Waals surface area (Å²) >= 11 is 0. The summed E-state index contributed by atoms with van der Waals surface area (Å²) in [5.41, 5.74) is 5.22. The number of carboxylic acids is 1. The molecule has 0 radical (unpaired) electrons. The maximum Gasteiger partial charge on any atom is 0.320 e. The fraction of sp³-hybridized carbons (Fsp3) is 0.333. The number of aliphatic carboxylic acids is 1. The van der Waals surface area contributed by atoms with E-state index in [2.05, 4.69) is 15.6 Å². The minimum absolute atomic E-state index is 0.0895. The molecule has 1 aromatic heterocycles. The molecular weight excluding hydrogens is 406 g/mol. The first kappa shape index (κ1) is 21.7. The SMILES string of the molecule is CC(C)NC(CCCn1nnc2c1-c1ccccc1CN(C=O)c1ccccc1-2)C(=O)O. The number of aromatic nitrogens is 3. The summed E-state index contributed by atoms with van der Waals surface area (Å²) in [5.74, 6) is -0.846. The number of hydrogen-bond acceptors (Lipinski definition) is 5. The minimum Gasteiger partial charge on any atom is -0.480 e. The molecule has 0 aliphatic carbocycles. The first-order valence-corrected chi connectivity index (χ1v) is 10.8. The molecule has 8 heteroatoms. The highest BCUT2D eigenvalue weighted by atomic mass is 16.4. The van der Waals surface area contributed by atoms with E-state index in [1.54, 1.807) is 4.90 Å². The largest absolute Gasteiger partial charge is 0.480 e. The van der Waals surface area contributed by atoms with Crippen LogP contribution in [0.15, 0.2) is 48.5 Å². The van der Waals surface area contributed by atoms with Crippen molar-refractivity contribution < 1.29 is 14.7 Å². The van der Waals surface area contributed by atoms with Crippen LogP contribution in [-0.2, 0) is 22.7 Å². The van der Waals surface area contributed by atoms with Crippen molar-refractivity contribution in [3.8, 4) is 22.5 Å². The van der Waals surface area contributed by atoms with Crippen molar-refractivity contribution in [1.82, 2.24) is 20.3 Å². The number of nitrogens with one attached hydrogen (secondary N) is 1. The average Bonchev–Trinajstić information content (AvgIpc) is 3.18. The number of carboxylic acid groups (broad SMARTS) is 1. The van der Waals surface area contributed by atoms with Gasteiger partial charge in [0.15, 0.2) is 0 Å². The Kier molecular flexibility index (Phi) is 6.32. The lowest BCUT2D eigenvalue weighted by molar-refractivity contribution is -0.139. The van der Waals surface area contributed by atoms with Crippen LogP contribution in [0, 0.1) is 0 Å². The summed E-state index contributed by atoms with van der Waals surface area (Å²) in [4.78, 5) is 25.1. The van der Waals surface area contributed by atoms with Crippen molar-refractivity contribution >= 4 is 18.1 Å². The van der Waals surface area contributed by atoms with Gasteiger partial charge in [-0.1, -0.05) is 61.5 Å². The molecule has 2 N–H and O–H groups in total. The third kappa shape index (κ3) is 4.27. The Hall–Kier alpha value is -3.52. The van der Waals surface area contributed by atoms with Crippen LogP contribution in [0.3, 0.4) is 0 Å². The zero-order valence-electron chi connectivity index (χ0n) is 18.2. The highest BCUT2D eigenvalue weighted by molar-refractivity contribution is 5.92. The zero-order chi connectivity index (χ0) is 22.7. The van der Waals surface area contributed by atoms with Gasteiger partial charge in [0.05, 0.1) is 17.9 Å². The van der Waals surface area contributed by atoms with Gasteiger partial charge in [0, 0.05) is 23.7 Å². The summed E-state index contributed by atoms with van der Waals surface area (Å²) in [6, 6.07) is 15.1. The molecule has 2 aromatic carbocycles. The van der Waals surface area contributed by atoms with Crippen LogP contribution in [0.1, 0.15) is 32.3 Å². The molecule has 1 unspecified atom stereocenters. The van der Waals surface area contributed by atoms with E-state index in [-0.39, 0.29) is 6.04 Å². The van der Waals surface area contributed by atoms with E-state index < -0.39 is 12.0 Å². The Morgan fingerprint density at radius 1 is 1.16 bits per heavy atom. The van der Waals surface area contributed by atoms with Crippen molar-refractivity contribution in [2.75, 3.05) is 4.90 Å². The van der Waals surface area contributed by atoms with E-state index in [0.29, 0.717) is 25.9 Å². The van der Waals surface area contributed by atoms with Crippen LogP contribution in [0.4, 0.5) is 5.69 Å². The van der Waals surface area contributed by atoms with Gasteiger partial charge in [0.2, 0.25) is 6.41 Å². The molecular formula is C24H27N5O3. The van der Waals surface area contributed by atoms with Crippen molar-refractivity contribution in [3.63, 3.8) is 0 Å². The van der Waals surface area contributed by atoms with Gasteiger partial charge >= 0.3 is 5.97 Å². The topological polar surface area (TPSA) is 100 Å². The van der Waals surface area contributed by atoms with Crippen molar-refractivity contribution in [1.29, 1.82) is 0 Å². The number of nitrogens with zero attached hydrogens (tertiary/aromatic N) is 4. The molecule has 1 aliphatic rings. The molecule has 3 aromatic rings. The second-order valence-electron chi connectivity index (χ2n) is 8.27. The maximum absolute atomic E-state index is 11.9. The molecule has 0 saturated carbocycles. The number of benzene rings is 2. The Morgan fingerprint density at radius 3 is 2.59 bits per heavy atom. The Bertz CT molecular complexity index is 1120. The summed E-state index contributed by atoms with van der Waals surface area (Å²) in [7, 11) is 0. The number of fused-ring (bicyclic) bond motifs is 5. The van der Waals surface area contributed by atoms with E-state index >= 15 is 0 Å². The lowest BCUT2D eigenvalue weighted by atomic mass is 9.96. The minimum atomic E-state index is -0.846. The Balaban J connectivity index is 1.72. The second-order valence-corrected chi connectivity index (χ2v) is 8.27. The number of carbonyl (C=O) groups excluding carboxylic acids is 1. The molecule has 0 bridgehead atoms. The third-order valence-electron chi connectivity index (χ3n) is 5.64. The van der Waals surface area contributed by atoms with Crippen LogP contribution < -0.4 is 10.2 Å². The Morgan fingerprint density at radius 2 is 1.88 bits per heavy atom. The maximum atomic E-state index is 11.9. The standard InChI is InChI=1S/C24H27N5O3/c1-16(2)25-20(24(31)32)11-7-13-29-23-18-9-4-3-8-17(18)14-28(15-30)21-12-6-5-10-19(21)22(23)26-27-29/h3-6,8-10,12,15-16,20,25H,7,11,13-14H2,1-2H3,(H,31,32). The lowest BCUT2D eigenvalue weighted by Crippen LogP contribution is -2.40. The number of anilines is 1. The second kappa shape index (κ2) is 9.32. The van der Waals surface area contributed by atoms with Gasteiger partial charge in [-0.15, -0.1) is 5.10 Å². The van der Waals surface area contributed by atoms with E-state index in [1.807, 2.05) is 67.1 Å². The average molecular weight is 434 g/mol. The molecule has 0 fully saturated rings. The molecule has 1 atom stereocenters. The first-order chi connectivity index (χ1) is 15.5. The van der Waals surface area contributed by atoms with Crippen LogP contribution in [0.25, 0.3) is 22.5 Å². The number of para-hydroxylation sites is 1. The summed E-state index contributed by atoms with van der Waals surface area (Å²) in [5, 5.41) is 21.5. The van der Waals surface area contributed by atoms with Gasteiger partial charge in [0.1, 0.15) is 11.7 Å². The molecule has 2 heterocycles. The van der Waals surface area contributed by atoms with Crippen molar-refractivity contribution in [2.24, 2.45) is 0 Å². The van der Waals surface area contributed by atoms with Crippen LogP contribution in [0.2, 0.25) is 0 Å². The van der Waals surface area contributed by atoms with Gasteiger partial charge in [-0.05, 0) is 24.5 Å². The molecule has 166 valence electrons. The number of rotatable bonds is 8. The number of aryl methyl sites for hydroxylation is 1. The number of carbonyl (C=O) groups is 2. The molecule has 32 heavy (non-hydrogen) atoms. The fourth-order valence-electron chi connectivity index (χ4n) is 4.22.